The van der Waals surface area contributed by atoms with Gasteiger partial charge < -0.3 is 19.9 Å². The van der Waals surface area contributed by atoms with Crippen LogP contribution in [0.4, 0.5) is 0 Å². The minimum atomic E-state index is -0.416. The summed E-state index contributed by atoms with van der Waals surface area (Å²) in [6.45, 7) is 7.56. The Morgan fingerprint density at radius 1 is 1.44 bits per heavy atom. The van der Waals surface area contributed by atoms with E-state index in [-0.39, 0.29) is 0 Å². The third-order valence-corrected chi connectivity index (χ3v) is 2.56. The summed E-state index contributed by atoms with van der Waals surface area (Å²) < 4.78 is 10.7. The van der Waals surface area contributed by atoms with E-state index < -0.39 is 6.10 Å². The van der Waals surface area contributed by atoms with Crippen LogP contribution in [0.5, 0.6) is 0 Å². The predicted octanol–water partition coefficient (Wildman–Crippen LogP) is 0.788. The van der Waals surface area contributed by atoms with Crippen molar-refractivity contribution in [1.29, 1.82) is 0 Å². The van der Waals surface area contributed by atoms with Gasteiger partial charge in [-0.1, -0.05) is 13.8 Å². The van der Waals surface area contributed by atoms with Gasteiger partial charge in [0.2, 0.25) is 0 Å². The lowest BCUT2D eigenvalue weighted by Crippen LogP contribution is -2.42. The van der Waals surface area contributed by atoms with Crippen LogP contribution in [-0.2, 0) is 9.47 Å². The van der Waals surface area contributed by atoms with Crippen LogP contribution < -0.4 is 5.32 Å². The predicted molar refractivity (Wildman–Crippen MR) is 63.5 cm³/mol. The third-order valence-electron chi connectivity index (χ3n) is 2.56. The molecule has 0 radical (unpaired) electrons. The topological polar surface area (TPSA) is 50.7 Å². The molecule has 0 spiro atoms. The first kappa shape index (κ1) is 13.9. The van der Waals surface area contributed by atoms with Crippen molar-refractivity contribution in [2.24, 2.45) is 5.92 Å². The molecule has 2 unspecified atom stereocenters. The van der Waals surface area contributed by atoms with Crippen molar-refractivity contribution >= 4 is 0 Å². The lowest BCUT2D eigenvalue weighted by atomic mass is 10.1. The largest absolute Gasteiger partial charge is 0.389 e. The summed E-state index contributed by atoms with van der Waals surface area (Å²) in [6.07, 6.45) is 1.83. The van der Waals surface area contributed by atoms with Crippen molar-refractivity contribution in [3.05, 3.63) is 0 Å². The molecule has 2 N–H and O–H groups in total. The summed E-state index contributed by atoms with van der Waals surface area (Å²) >= 11 is 0. The van der Waals surface area contributed by atoms with Crippen LogP contribution in [0.2, 0.25) is 0 Å². The summed E-state index contributed by atoms with van der Waals surface area (Å²) in [5.41, 5.74) is 0. The van der Waals surface area contributed by atoms with Crippen LogP contribution in [0.3, 0.4) is 0 Å². The molecule has 1 rings (SSSR count). The monoisotopic (exact) mass is 231 g/mol. The average molecular weight is 231 g/mol. The zero-order chi connectivity index (χ0) is 11.8. The van der Waals surface area contributed by atoms with Crippen LogP contribution in [0, 0.1) is 5.92 Å². The van der Waals surface area contributed by atoms with Crippen molar-refractivity contribution in [1.82, 2.24) is 5.32 Å². The van der Waals surface area contributed by atoms with Gasteiger partial charge in [-0.05, 0) is 18.8 Å². The van der Waals surface area contributed by atoms with Crippen LogP contribution in [0.1, 0.15) is 26.7 Å². The molecule has 0 aromatic rings. The molecule has 1 aliphatic rings. The summed E-state index contributed by atoms with van der Waals surface area (Å²) in [7, 11) is 0. The van der Waals surface area contributed by atoms with E-state index in [0.717, 1.165) is 26.1 Å². The molecule has 96 valence electrons. The van der Waals surface area contributed by atoms with Gasteiger partial charge in [0, 0.05) is 25.8 Å². The molecular formula is C12H25NO3. The Morgan fingerprint density at radius 2 is 2.25 bits per heavy atom. The van der Waals surface area contributed by atoms with E-state index in [2.05, 4.69) is 19.2 Å². The highest BCUT2D eigenvalue weighted by Gasteiger charge is 2.14. The number of aliphatic hydroxyl groups excluding tert-OH is 1. The Kier molecular flexibility index (Phi) is 6.96. The van der Waals surface area contributed by atoms with Gasteiger partial charge in [-0.25, -0.2) is 0 Å². The summed E-state index contributed by atoms with van der Waals surface area (Å²) in [5.74, 6) is 0.520. The van der Waals surface area contributed by atoms with Gasteiger partial charge in [0.05, 0.1) is 19.3 Å². The van der Waals surface area contributed by atoms with Crippen LogP contribution in [0.15, 0.2) is 0 Å². The number of rotatable bonds is 7. The minimum Gasteiger partial charge on any atom is -0.389 e. The summed E-state index contributed by atoms with van der Waals surface area (Å²) in [5, 5.41) is 13.0. The second-order valence-corrected chi connectivity index (χ2v) is 4.91. The SMILES string of the molecule is CC(C)COCC(O)CNC1CCCOC1. The molecule has 2 atom stereocenters. The first-order chi connectivity index (χ1) is 7.68. The normalized spacial score (nSPS) is 23.6. The number of nitrogens with one attached hydrogen (secondary N) is 1. The smallest absolute Gasteiger partial charge is 0.0897 e. The van der Waals surface area contributed by atoms with Crippen LogP contribution in [-0.4, -0.2) is 50.2 Å². The molecule has 0 aromatic heterocycles. The Labute approximate surface area is 98.3 Å². The third kappa shape index (κ3) is 6.43. The highest BCUT2D eigenvalue weighted by atomic mass is 16.5. The average Bonchev–Trinajstić information content (AvgIpc) is 2.27. The quantitative estimate of drug-likeness (QED) is 0.680. The summed E-state index contributed by atoms with van der Waals surface area (Å²) in [4.78, 5) is 0. The lowest BCUT2D eigenvalue weighted by molar-refractivity contribution is 0.0185. The van der Waals surface area contributed by atoms with E-state index in [4.69, 9.17) is 9.47 Å². The van der Waals surface area contributed by atoms with Crippen LogP contribution in [0.25, 0.3) is 0 Å². The van der Waals surface area contributed by atoms with Crippen molar-refractivity contribution in [3.8, 4) is 0 Å². The molecule has 0 bridgehead atoms. The van der Waals surface area contributed by atoms with Gasteiger partial charge in [0.1, 0.15) is 0 Å². The molecule has 1 aliphatic heterocycles. The van der Waals surface area contributed by atoms with E-state index in [1.54, 1.807) is 0 Å². The van der Waals surface area contributed by atoms with E-state index in [1.807, 2.05) is 0 Å². The molecule has 1 saturated heterocycles. The zero-order valence-corrected chi connectivity index (χ0v) is 10.4. The van der Waals surface area contributed by atoms with Crippen molar-refractivity contribution < 1.29 is 14.6 Å². The first-order valence-corrected chi connectivity index (χ1v) is 6.25. The fourth-order valence-electron chi connectivity index (χ4n) is 1.70. The number of hydrogen-bond donors (Lipinski definition) is 2. The van der Waals surface area contributed by atoms with E-state index in [9.17, 15) is 5.11 Å². The Morgan fingerprint density at radius 3 is 2.88 bits per heavy atom. The Hall–Kier alpha value is -0.160. The van der Waals surface area contributed by atoms with Gasteiger partial charge in [-0.3, -0.25) is 0 Å². The Balaban J connectivity index is 1.98. The zero-order valence-electron chi connectivity index (χ0n) is 10.4. The van der Waals surface area contributed by atoms with Gasteiger partial charge in [0.15, 0.2) is 0 Å². The second-order valence-electron chi connectivity index (χ2n) is 4.91. The van der Waals surface area contributed by atoms with Gasteiger partial charge in [0.25, 0.3) is 0 Å². The molecule has 0 aliphatic carbocycles. The highest BCUT2D eigenvalue weighted by molar-refractivity contribution is 4.71. The number of ether oxygens (including phenoxy) is 2. The van der Waals surface area contributed by atoms with E-state index in [1.165, 1.54) is 0 Å². The fourth-order valence-corrected chi connectivity index (χ4v) is 1.70. The molecule has 1 heterocycles. The summed E-state index contributed by atoms with van der Waals surface area (Å²) in [6, 6.07) is 0.397. The molecule has 0 amide bonds. The van der Waals surface area contributed by atoms with Crippen molar-refractivity contribution in [2.45, 2.75) is 38.8 Å². The second kappa shape index (κ2) is 8.01. The van der Waals surface area contributed by atoms with E-state index >= 15 is 0 Å². The molecule has 16 heavy (non-hydrogen) atoms. The molecular weight excluding hydrogens is 206 g/mol. The van der Waals surface area contributed by atoms with Gasteiger partial charge in [-0.2, -0.15) is 0 Å². The number of aliphatic hydroxyl groups is 1. The molecule has 1 fully saturated rings. The minimum absolute atomic E-state index is 0.397. The maximum absolute atomic E-state index is 9.66. The molecule has 0 saturated carbocycles. The van der Waals surface area contributed by atoms with Crippen molar-refractivity contribution in [3.63, 3.8) is 0 Å². The number of hydrogen-bond acceptors (Lipinski definition) is 4. The van der Waals surface area contributed by atoms with Gasteiger partial charge in [-0.15, -0.1) is 0 Å². The lowest BCUT2D eigenvalue weighted by Gasteiger charge is -2.24. The maximum atomic E-state index is 9.66. The van der Waals surface area contributed by atoms with Crippen LogP contribution >= 0.6 is 0 Å². The fraction of sp³-hybridized carbons (Fsp3) is 1.00. The molecule has 4 nitrogen and oxygen atoms in total. The maximum Gasteiger partial charge on any atom is 0.0897 e. The highest BCUT2D eigenvalue weighted by Crippen LogP contribution is 2.05. The van der Waals surface area contributed by atoms with E-state index in [0.29, 0.717) is 31.7 Å². The molecule has 4 heteroatoms. The standard InChI is InChI=1S/C12H25NO3/c1-10(2)7-16-9-12(14)6-13-11-4-3-5-15-8-11/h10-14H,3-9H2,1-2H3. The molecule has 0 aromatic carbocycles. The van der Waals surface area contributed by atoms with Crippen molar-refractivity contribution in [2.75, 3.05) is 33.0 Å². The first-order valence-electron chi connectivity index (χ1n) is 6.25. The van der Waals surface area contributed by atoms with Gasteiger partial charge >= 0.3 is 0 Å². The Bertz CT molecular complexity index is 170.